The predicted octanol–water partition coefficient (Wildman–Crippen LogP) is 3.36. The summed E-state index contributed by atoms with van der Waals surface area (Å²) < 4.78 is 53.2. The molecule has 0 saturated carbocycles. The number of alkyl halides is 3. The molecule has 3 aromatic rings. The van der Waals surface area contributed by atoms with Crippen LogP contribution in [0.4, 0.5) is 23.2 Å². The molecule has 1 heterocycles. The molecule has 0 saturated heterocycles. The lowest BCUT2D eigenvalue weighted by atomic mass is 10.2. The summed E-state index contributed by atoms with van der Waals surface area (Å²) in [5.74, 6) is -0.165. The molecule has 0 bridgehead atoms. The summed E-state index contributed by atoms with van der Waals surface area (Å²) in [4.78, 5) is 13.5. The quantitative estimate of drug-likeness (QED) is 0.412. The second kappa shape index (κ2) is 9.70. The van der Waals surface area contributed by atoms with Crippen LogP contribution in [0.2, 0.25) is 0 Å². The van der Waals surface area contributed by atoms with Gasteiger partial charge < -0.3 is 10.2 Å². The van der Waals surface area contributed by atoms with Gasteiger partial charge in [0, 0.05) is 11.4 Å². The number of nitrogens with zero attached hydrogens (tertiary/aromatic N) is 3. The van der Waals surface area contributed by atoms with Crippen LogP contribution in [0.15, 0.2) is 53.7 Å². The molecule has 2 N–H and O–H groups in total. The first kappa shape index (κ1) is 23.7. The van der Waals surface area contributed by atoms with E-state index in [1.54, 1.807) is 16.7 Å². The van der Waals surface area contributed by atoms with Gasteiger partial charge in [0.25, 0.3) is 0 Å². The van der Waals surface area contributed by atoms with Crippen molar-refractivity contribution in [1.82, 2.24) is 14.8 Å². The van der Waals surface area contributed by atoms with Crippen molar-refractivity contribution in [3.8, 4) is 5.69 Å². The van der Waals surface area contributed by atoms with Crippen molar-refractivity contribution >= 4 is 23.4 Å². The third-order valence-electron chi connectivity index (χ3n) is 4.82. The van der Waals surface area contributed by atoms with Crippen molar-refractivity contribution in [1.29, 1.82) is 0 Å². The molecule has 0 spiro atoms. The molecule has 0 radical (unpaired) electrons. The molecule has 170 valence electrons. The maximum absolute atomic E-state index is 13.4. The van der Waals surface area contributed by atoms with E-state index in [9.17, 15) is 22.4 Å². The number of thioether (sulfide) groups is 1. The third kappa shape index (κ3) is 5.65. The summed E-state index contributed by atoms with van der Waals surface area (Å²) in [7, 11) is 3.94. The van der Waals surface area contributed by atoms with E-state index in [2.05, 4.69) is 15.5 Å². The zero-order valence-electron chi connectivity index (χ0n) is 17.6. The number of anilines is 1. The molecule has 3 rings (SSSR count). The maximum Gasteiger partial charge on any atom is 0.416 e. The van der Waals surface area contributed by atoms with Crippen LogP contribution in [0.25, 0.3) is 5.69 Å². The van der Waals surface area contributed by atoms with Crippen LogP contribution in [0, 0.1) is 5.82 Å². The van der Waals surface area contributed by atoms with Gasteiger partial charge in [0.15, 0.2) is 11.0 Å². The van der Waals surface area contributed by atoms with E-state index in [1.807, 2.05) is 21.0 Å². The molecular formula is C21H22F4N5OS+. The van der Waals surface area contributed by atoms with Gasteiger partial charge in [-0.3, -0.25) is 9.36 Å². The van der Waals surface area contributed by atoms with E-state index in [-0.39, 0.29) is 23.3 Å². The van der Waals surface area contributed by atoms with Crippen molar-refractivity contribution in [2.45, 2.75) is 24.3 Å². The molecule has 1 amide bonds. The van der Waals surface area contributed by atoms with Crippen LogP contribution in [-0.4, -0.2) is 40.5 Å². The molecule has 0 fully saturated rings. The fourth-order valence-corrected chi connectivity index (χ4v) is 3.57. The number of halogens is 4. The van der Waals surface area contributed by atoms with Gasteiger partial charge in [0.1, 0.15) is 11.9 Å². The van der Waals surface area contributed by atoms with Gasteiger partial charge in [-0.1, -0.05) is 11.8 Å². The molecule has 0 aliphatic carbocycles. The normalized spacial score (nSPS) is 12.8. The molecule has 2 aromatic carbocycles. The number of nitrogens with one attached hydrogen (secondary N) is 2. The highest BCUT2D eigenvalue weighted by atomic mass is 32.2. The molecule has 11 heteroatoms. The lowest BCUT2D eigenvalue weighted by Crippen LogP contribution is -3.05. The Morgan fingerprint density at radius 1 is 1.09 bits per heavy atom. The summed E-state index contributed by atoms with van der Waals surface area (Å²) in [5, 5.41) is 11.5. The Bertz CT molecular complexity index is 1070. The number of amides is 1. The number of hydrogen-bond donors (Lipinski definition) is 2. The number of carbonyl (C=O) groups is 1. The van der Waals surface area contributed by atoms with Crippen LogP contribution < -0.4 is 10.2 Å². The molecule has 32 heavy (non-hydrogen) atoms. The second-order valence-electron chi connectivity index (χ2n) is 7.36. The SMILES string of the molecule is C[C@@H](c1nnc(SCC(=O)Nc2ccc(C(F)(F)F)cc2)n1-c1ccc(F)cc1)[NH+](C)C. The van der Waals surface area contributed by atoms with Crippen LogP contribution in [0.5, 0.6) is 0 Å². The van der Waals surface area contributed by atoms with E-state index < -0.39 is 17.6 Å². The van der Waals surface area contributed by atoms with E-state index in [0.29, 0.717) is 16.7 Å². The number of benzene rings is 2. The Morgan fingerprint density at radius 3 is 2.28 bits per heavy atom. The van der Waals surface area contributed by atoms with Crippen molar-refractivity contribution in [3.05, 3.63) is 65.7 Å². The van der Waals surface area contributed by atoms with E-state index in [4.69, 9.17) is 0 Å². The van der Waals surface area contributed by atoms with Gasteiger partial charge in [-0.2, -0.15) is 13.2 Å². The predicted molar refractivity (Wildman–Crippen MR) is 113 cm³/mol. The summed E-state index contributed by atoms with van der Waals surface area (Å²) >= 11 is 1.13. The fourth-order valence-electron chi connectivity index (χ4n) is 2.82. The number of aromatic nitrogens is 3. The van der Waals surface area contributed by atoms with Crippen LogP contribution in [0.1, 0.15) is 24.4 Å². The van der Waals surface area contributed by atoms with Crippen molar-refractivity contribution in [3.63, 3.8) is 0 Å². The first-order valence-electron chi connectivity index (χ1n) is 9.67. The van der Waals surface area contributed by atoms with Crippen molar-refractivity contribution < 1.29 is 27.3 Å². The molecule has 1 atom stereocenters. The molecular weight excluding hydrogens is 446 g/mol. The molecule has 0 aliphatic rings. The van der Waals surface area contributed by atoms with Gasteiger partial charge in [-0.05, 0) is 55.5 Å². The highest BCUT2D eigenvalue weighted by Gasteiger charge is 2.30. The topological polar surface area (TPSA) is 64.2 Å². The van der Waals surface area contributed by atoms with Gasteiger partial charge >= 0.3 is 6.18 Å². The average molecular weight is 469 g/mol. The van der Waals surface area contributed by atoms with Gasteiger partial charge in [-0.15, -0.1) is 10.2 Å². The van der Waals surface area contributed by atoms with E-state index in [0.717, 1.165) is 28.8 Å². The average Bonchev–Trinajstić information content (AvgIpc) is 3.15. The minimum atomic E-state index is -4.44. The Kier molecular flexibility index (Phi) is 7.19. The highest BCUT2D eigenvalue weighted by molar-refractivity contribution is 7.99. The number of rotatable bonds is 7. The standard InChI is InChI=1S/C21H21F4N5OS/c1-13(29(2)3)19-27-28-20(30(19)17-10-6-15(22)7-11-17)32-12-18(31)26-16-8-4-14(5-9-16)21(23,24)25/h4-11,13H,12H2,1-3H3,(H,26,31)/p+1/t13-/m0/s1. The Labute approximate surface area is 186 Å². The number of quaternary nitrogens is 1. The second-order valence-corrected chi connectivity index (χ2v) is 8.31. The van der Waals surface area contributed by atoms with Gasteiger partial charge in [0.05, 0.1) is 25.4 Å². The van der Waals surface area contributed by atoms with Crippen LogP contribution in [0.3, 0.4) is 0 Å². The molecule has 0 unspecified atom stereocenters. The summed E-state index contributed by atoms with van der Waals surface area (Å²) in [6, 6.07) is 10.1. The van der Waals surface area contributed by atoms with E-state index >= 15 is 0 Å². The number of hydrogen-bond acceptors (Lipinski definition) is 4. The smallest absolute Gasteiger partial charge is 0.331 e. The van der Waals surface area contributed by atoms with Gasteiger partial charge in [-0.25, -0.2) is 4.39 Å². The molecule has 6 nitrogen and oxygen atoms in total. The first-order chi connectivity index (χ1) is 15.1. The molecule has 0 aliphatic heterocycles. The minimum absolute atomic E-state index is 0.0251. The first-order valence-corrected chi connectivity index (χ1v) is 10.7. The fraction of sp³-hybridized carbons (Fsp3) is 0.286. The summed E-state index contributed by atoms with van der Waals surface area (Å²) in [5.41, 5.74) is 0.126. The minimum Gasteiger partial charge on any atom is -0.331 e. The van der Waals surface area contributed by atoms with Crippen LogP contribution in [-0.2, 0) is 11.0 Å². The third-order valence-corrected chi connectivity index (χ3v) is 5.75. The monoisotopic (exact) mass is 468 g/mol. The zero-order chi connectivity index (χ0) is 23.5. The lowest BCUT2D eigenvalue weighted by Gasteiger charge is -2.18. The van der Waals surface area contributed by atoms with Crippen molar-refractivity contribution in [2.24, 2.45) is 0 Å². The lowest BCUT2D eigenvalue weighted by molar-refractivity contribution is -0.890. The number of carbonyl (C=O) groups excluding carboxylic acids is 1. The summed E-state index contributed by atoms with van der Waals surface area (Å²) in [6.07, 6.45) is -4.44. The Hall–Kier alpha value is -2.92. The zero-order valence-corrected chi connectivity index (χ0v) is 18.4. The molecule has 1 aromatic heterocycles. The Balaban J connectivity index is 1.75. The Morgan fingerprint density at radius 2 is 1.72 bits per heavy atom. The highest BCUT2D eigenvalue weighted by Crippen LogP contribution is 2.30. The van der Waals surface area contributed by atoms with Crippen molar-refractivity contribution in [2.75, 3.05) is 25.2 Å². The largest absolute Gasteiger partial charge is 0.416 e. The summed E-state index contributed by atoms with van der Waals surface area (Å²) in [6.45, 7) is 1.98. The van der Waals surface area contributed by atoms with E-state index in [1.165, 1.54) is 24.3 Å². The van der Waals surface area contributed by atoms with Crippen LogP contribution >= 0.6 is 11.8 Å². The maximum atomic E-state index is 13.4. The van der Waals surface area contributed by atoms with Gasteiger partial charge in [0.2, 0.25) is 5.91 Å².